The van der Waals surface area contributed by atoms with E-state index in [1.54, 1.807) is 0 Å². The molecule has 98 valence electrons. The van der Waals surface area contributed by atoms with E-state index in [0.717, 1.165) is 31.4 Å². The van der Waals surface area contributed by atoms with Crippen LogP contribution in [0.5, 0.6) is 5.75 Å². The summed E-state index contributed by atoms with van der Waals surface area (Å²) in [5, 5.41) is 0. The molecule has 0 amide bonds. The molecule has 0 aliphatic heterocycles. The van der Waals surface area contributed by atoms with Crippen molar-refractivity contribution < 1.29 is 32.2 Å². The summed E-state index contributed by atoms with van der Waals surface area (Å²) in [6.45, 7) is 0. The van der Waals surface area contributed by atoms with E-state index in [1.165, 1.54) is 0 Å². The van der Waals surface area contributed by atoms with Gasteiger partial charge < -0.3 is 9.47 Å². The summed E-state index contributed by atoms with van der Waals surface area (Å²) < 4.78 is 43.5. The second-order valence-electron chi connectivity index (χ2n) is 3.25. The Labute approximate surface area is 100 Å². The highest BCUT2D eigenvalue weighted by Gasteiger charge is 2.31. The van der Waals surface area contributed by atoms with Gasteiger partial charge in [-0.2, -0.15) is 0 Å². The zero-order chi connectivity index (χ0) is 13.8. The Morgan fingerprint density at radius 2 is 1.72 bits per heavy atom. The molecule has 7 heteroatoms. The molecule has 0 unspecified atom stereocenters. The van der Waals surface area contributed by atoms with Gasteiger partial charge in [0.15, 0.2) is 5.78 Å². The van der Waals surface area contributed by atoms with E-state index < -0.39 is 30.3 Å². The first-order valence-corrected chi connectivity index (χ1v) is 4.77. The summed E-state index contributed by atoms with van der Waals surface area (Å²) in [5.74, 6) is -1.69. The van der Waals surface area contributed by atoms with E-state index in [-0.39, 0.29) is 5.56 Å². The van der Waals surface area contributed by atoms with Crippen LogP contribution in [0, 0.1) is 0 Å². The smallest absolute Gasteiger partial charge is 0.469 e. The molecule has 0 saturated heterocycles. The van der Waals surface area contributed by atoms with Gasteiger partial charge >= 0.3 is 12.3 Å². The van der Waals surface area contributed by atoms with Crippen molar-refractivity contribution in [2.24, 2.45) is 0 Å². The van der Waals surface area contributed by atoms with Gasteiger partial charge in [-0.15, -0.1) is 13.2 Å². The highest BCUT2D eigenvalue weighted by molar-refractivity contribution is 6.05. The van der Waals surface area contributed by atoms with Gasteiger partial charge in [-0.3, -0.25) is 9.59 Å². The van der Waals surface area contributed by atoms with Crippen molar-refractivity contribution in [2.75, 3.05) is 7.11 Å². The number of halogens is 3. The van der Waals surface area contributed by atoms with Crippen LogP contribution in [0.25, 0.3) is 0 Å². The monoisotopic (exact) mass is 262 g/mol. The highest BCUT2D eigenvalue weighted by Crippen LogP contribution is 2.22. The van der Waals surface area contributed by atoms with Crippen LogP contribution in [0.2, 0.25) is 0 Å². The van der Waals surface area contributed by atoms with Crippen LogP contribution < -0.4 is 4.74 Å². The maximum atomic E-state index is 11.9. The SMILES string of the molecule is COC(=O)CC(=O)c1ccc(OC(F)(F)F)cc1. The Morgan fingerprint density at radius 3 is 2.17 bits per heavy atom. The average Bonchev–Trinajstić information content (AvgIpc) is 2.27. The maximum Gasteiger partial charge on any atom is 0.573 e. The molecule has 1 aromatic rings. The quantitative estimate of drug-likeness (QED) is 0.474. The number of Topliss-reactive ketones (excluding diaryl/α,β-unsaturated/α-hetero) is 1. The van der Waals surface area contributed by atoms with E-state index in [9.17, 15) is 22.8 Å². The van der Waals surface area contributed by atoms with Crippen LogP contribution in [-0.2, 0) is 9.53 Å². The summed E-state index contributed by atoms with van der Waals surface area (Å²) in [4.78, 5) is 22.3. The van der Waals surface area contributed by atoms with Gasteiger partial charge in [-0.05, 0) is 24.3 Å². The van der Waals surface area contributed by atoms with Crippen LogP contribution in [-0.4, -0.2) is 25.2 Å². The van der Waals surface area contributed by atoms with E-state index >= 15 is 0 Å². The van der Waals surface area contributed by atoms with Crippen molar-refractivity contribution in [3.05, 3.63) is 29.8 Å². The first-order chi connectivity index (χ1) is 8.31. The lowest BCUT2D eigenvalue weighted by Crippen LogP contribution is -2.17. The number of carbonyl (C=O) groups excluding carboxylic acids is 2. The molecule has 0 aromatic heterocycles. The summed E-state index contributed by atoms with van der Waals surface area (Å²) in [5.41, 5.74) is 0.106. The van der Waals surface area contributed by atoms with Crippen molar-refractivity contribution >= 4 is 11.8 Å². The molecule has 0 radical (unpaired) electrons. The number of methoxy groups -OCH3 is 1. The number of ketones is 1. The van der Waals surface area contributed by atoms with Gasteiger partial charge in [0.1, 0.15) is 12.2 Å². The Bertz CT molecular complexity index is 437. The van der Waals surface area contributed by atoms with Crippen molar-refractivity contribution in [3.8, 4) is 5.75 Å². The molecule has 0 fully saturated rings. The lowest BCUT2D eigenvalue weighted by molar-refractivity contribution is -0.274. The molecule has 1 aromatic carbocycles. The minimum atomic E-state index is -4.78. The zero-order valence-electron chi connectivity index (χ0n) is 9.28. The normalized spacial score (nSPS) is 10.9. The van der Waals surface area contributed by atoms with Gasteiger partial charge in [0.05, 0.1) is 7.11 Å². The molecule has 0 atom stereocenters. The Balaban J connectivity index is 2.71. The second-order valence-corrected chi connectivity index (χ2v) is 3.25. The Morgan fingerprint density at radius 1 is 1.17 bits per heavy atom. The number of hydrogen-bond acceptors (Lipinski definition) is 4. The van der Waals surface area contributed by atoms with Crippen LogP contribution in [0.4, 0.5) is 13.2 Å². The lowest BCUT2D eigenvalue weighted by atomic mass is 10.1. The van der Waals surface area contributed by atoms with E-state index in [4.69, 9.17) is 0 Å². The predicted octanol–water partition coefficient (Wildman–Crippen LogP) is 2.33. The molecule has 0 aliphatic carbocycles. The minimum absolute atomic E-state index is 0.106. The van der Waals surface area contributed by atoms with Crippen molar-refractivity contribution in [2.45, 2.75) is 12.8 Å². The number of hydrogen-bond donors (Lipinski definition) is 0. The molecule has 0 bridgehead atoms. The van der Waals surface area contributed by atoms with Crippen LogP contribution >= 0.6 is 0 Å². The number of rotatable bonds is 4. The molecule has 18 heavy (non-hydrogen) atoms. The first kappa shape index (κ1) is 14.0. The second kappa shape index (κ2) is 5.52. The molecular formula is C11H9F3O4. The fraction of sp³-hybridized carbons (Fsp3) is 0.273. The Hall–Kier alpha value is -2.05. The van der Waals surface area contributed by atoms with Crippen LogP contribution in [0.1, 0.15) is 16.8 Å². The molecule has 0 N–H and O–H groups in total. The molecule has 0 saturated carbocycles. The standard InChI is InChI=1S/C11H9F3O4/c1-17-10(16)6-9(15)7-2-4-8(5-3-7)18-11(12,13)14/h2-5H,6H2,1H3. The summed E-state index contributed by atoms with van der Waals surface area (Å²) >= 11 is 0. The topological polar surface area (TPSA) is 52.6 Å². The minimum Gasteiger partial charge on any atom is -0.469 e. The number of carbonyl (C=O) groups is 2. The van der Waals surface area contributed by atoms with Gasteiger partial charge in [-0.25, -0.2) is 0 Å². The first-order valence-electron chi connectivity index (χ1n) is 4.77. The summed E-state index contributed by atoms with van der Waals surface area (Å²) in [6.07, 6.45) is -5.24. The predicted molar refractivity (Wildman–Crippen MR) is 54.1 cm³/mol. The number of alkyl halides is 3. The summed E-state index contributed by atoms with van der Waals surface area (Å²) in [6, 6.07) is 4.29. The van der Waals surface area contributed by atoms with Gasteiger partial charge in [0, 0.05) is 5.56 Å². The molecule has 0 heterocycles. The van der Waals surface area contributed by atoms with Gasteiger partial charge in [-0.1, -0.05) is 0 Å². The number of esters is 1. The van der Waals surface area contributed by atoms with Gasteiger partial charge in [0.2, 0.25) is 0 Å². The van der Waals surface area contributed by atoms with E-state index in [2.05, 4.69) is 9.47 Å². The third kappa shape index (κ3) is 4.44. The molecule has 1 rings (SSSR count). The van der Waals surface area contributed by atoms with Crippen LogP contribution in [0.3, 0.4) is 0 Å². The fourth-order valence-corrected chi connectivity index (χ4v) is 1.15. The third-order valence-corrected chi connectivity index (χ3v) is 1.94. The zero-order valence-corrected chi connectivity index (χ0v) is 9.28. The number of benzene rings is 1. The third-order valence-electron chi connectivity index (χ3n) is 1.94. The molecule has 4 nitrogen and oxygen atoms in total. The van der Waals surface area contributed by atoms with E-state index in [0.29, 0.717) is 0 Å². The van der Waals surface area contributed by atoms with Crippen molar-refractivity contribution in [1.29, 1.82) is 0 Å². The van der Waals surface area contributed by atoms with Gasteiger partial charge in [0.25, 0.3) is 0 Å². The Kier molecular flexibility index (Phi) is 4.30. The highest BCUT2D eigenvalue weighted by atomic mass is 19.4. The van der Waals surface area contributed by atoms with Crippen LogP contribution in [0.15, 0.2) is 24.3 Å². The molecule has 0 aliphatic rings. The number of ether oxygens (including phenoxy) is 2. The molecular weight excluding hydrogens is 253 g/mol. The lowest BCUT2D eigenvalue weighted by Gasteiger charge is -2.08. The fourth-order valence-electron chi connectivity index (χ4n) is 1.15. The largest absolute Gasteiger partial charge is 0.573 e. The average molecular weight is 262 g/mol. The van der Waals surface area contributed by atoms with Crippen molar-refractivity contribution in [1.82, 2.24) is 0 Å². The van der Waals surface area contributed by atoms with E-state index in [1.807, 2.05) is 0 Å². The molecule has 0 spiro atoms. The summed E-state index contributed by atoms with van der Waals surface area (Å²) in [7, 11) is 1.13. The van der Waals surface area contributed by atoms with Crippen molar-refractivity contribution in [3.63, 3.8) is 0 Å². The maximum absolute atomic E-state index is 11.9.